The summed E-state index contributed by atoms with van der Waals surface area (Å²) in [5.41, 5.74) is -0.380. The predicted octanol–water partition coefficient (Wildman–Crippen LogP) is 19.9. The van der Waals surface area contributed by atoms with Crippen molar-refractivity contribution in [1.82, 2.24) is 0 Å². The highest BCUT2D eigenvalue weighted by Gasteiger charge is 2.49. The van der Waals surface area contributed by atoms with E-state index in [1.54, 1.807) is 19.6 Å². The van der Waals surface area contributed by atoms with Crippen LogP contribution in [0.5, 0.6) is 0 Å². The van der Waals surface area contributed by atoms with Crippen molar-refractivity contribution >= 4 is 83.5 Å². The number of hydrogen-bond acceptors (Lipinski definition) is 28. The predicted molar refractivity (Wildman–Crippen MR) is 427 cm³/mol. The SMILES string of the molecule is CCCOP(=O)(CN(CP1(=O)OCC(C)(C)CO1)c1ccc(C(c2ccc(N(CP3(=O)OCC(C)(C)CO3)CP3(=O)OCC(C)(C)CO3)cc2)(c2ccc(N(CP3(=O)OCC(C)(C)CO3)CP3(=O)OCC(C)(C)CO3)cc2)c2ccc(N(CP3(=O)OCC(C)(C)CO3)CP3(=O)OCC(C)(C)CO3)cc2)cc1)OCCC. The van der Waals surface area contributed by atoms with E-state index >= 15 is 4.57 Å². The largest absolute Gasteiger partial charge is 0.349 e. The molecule has 0 saturated carbocycles. The van der Waals surface area contributed by atoms with Crippen LogP contribution < -0.4 is 19.6 Å². The van der Waals surface area contributed by atoms with Crippen LogP contribution >= 0.6 is 60.8 Å². The summed E-state index contributed by atoms with van der Waals surface area (Å²) in [5.74, 6) is 0. The first-order valence-corrected chi connectivity index (χ1v) is 51.4. The Morgan fingerprint density at radius 2 is 0.445 bits per heavy atom. The van der Waals surface area contributed by atoms with Crippen molar-refractivity contribution in [1.29, 1.82) is 0 Å². The second kappa shape index (κ2) is 33.6. The molecule has 0 unspecified atom stereocenters. The molecule has 11 rings (SSSR count). The third-order valence-corrected chi connectivity index (χ3v) is 33.5. The highest BCUT2D eigenvalue weighted by Crippen LogP contribution is 2.64. The Kier molecular flexibility index (Phi) is 26.9. The lowest BCUT2D eigenvalue weighted by Crippen LogP contribution is -2.37. The van der Waals surface area contributed by atoms with Gasteiger partial charge < -0.3 is 92.0 Å². The summed E-state index contributed by atoms with van der Waals surface area (Å²) >= 11 is 0. The molecule has 7 aliphatic rings. The van der Waals surface area contributed by atoms with E-state index in [9.17, 15) is 32.0 Å². The van der Waals surface area contributed by atoms with E-state index in [0.717, 1.165) is 0 Å². The molecule has 0 aromatic heterocycles. The lowest BCUT2D eigenvalue weighted by Gasteiger charge is -2.41. The van der Waals surface area contributed by atoms with Gasteiger partial charge >= 0.3 is 60.8 Å². The van der Waals surface area contributed by atoms with Crippen LogP contribution in [0.1, 0.15) is 146 Å². The van der Waals surface area contributed by atoms with E-state index < -0.39 is 104 Å². The summed E-state index contributed by atoms with van der Waals surface area (Å²) in [6, 6.07) is 29.7. The van der Waals surface area contributed by atoms with Crippen molar-refractivity contribution in [3.8, 4) is 0 Å². The minimum absolute atomic E-state index is 0.119. The monoisotopic (exact) mass is 1690 g/mol. The van der Waals surface area contributed by atoms with Crippen LogP contribution in [0.2, 0.25) is 0 Å². The minimum Gasteiger partial charge on any atom is -0.348 e. The zero-order chi connectivity index (χ0) is 79.9. The molecule has 7 saturated heterocycles. The van der Waals surface area contributed by atoms with Crippen LogP contribution in [-0.4, -0.2) is 156 Å². The van der Waals surface area contributed by atoms with E-state index in [2.05, 4.69) is 0 Å². The summed E-state index contributed by atoms with van der Waals surface area (Å²) in [6.45, 7) is 33.2. The number of hydrogen-bond donors (Lipinski definition) is 0. The van der Waals surface area contributed by atoms with Gasteiger partial charge in [0, 0.05) is 60.7 Å². The Morgan fingerprint density at radius 3 is 0.609 bits per heavy atom. The first-order valence-electron chi connectivity index (χ1n) is 37.6. The molecule has 0 atom stereocenters. The molecule has 28 nitrogen and oxygen atoms in total. The second-order valence-corrected chi connectivity index (χ2v) is 51.9. The quantitative estimate of drug-likeness (QED) is 0.0346. The molecule has 7 heterocycles. The van der Waals surface area contributed by atoms with Gasteiger partial charge in [-0.05, 0) is 83.6 Å². The standard InChI is InChI=1S/C74H116N4O24P8/c1-17-35-87-103(79,88-36-18-2)51-75(52-104(80)89-37-67(3,4)38-90-104)63-27-19-59(20-28-63)74(60-21-29-64(30-22-60)76(53-105(81)91-39-68(5,6)40-92-105)54-106(82)93-41-69(7,8)42-94-106,61-23-31-65(32-24-61)77(55-107(83)95-43-70(9,10)44-96-107)56-108(84)97-45-71(11,12)46-98-108)62-25-33-66(34-26-62)78(57-109(85)99-47-72(13,14)48-100-109)58-110(86)101-49-73(15,16)50-102-110/h19-34H,17-18,35-58H2,1-16H3. The van der Waals surface area contributed by atoms with Gasteiger partial charge in [-0.3, -0.25) is 36.5 Å². The van der Waals surface area contributed by atoms with Gasteiger partial charge in [0.1, 0.15) is 50.3 Å². The zero-order valence-electron chi connectivity index (χ0n) is 66.8. The molecule has 4 aromatic rings. The topological polar surface area (TPSA) is 297 Å². The van der Waals surface area contributed by atoms with Crippen LogP contribution in [0, 0.1) is 37.9 Å². The molecule has 0 spiro atoms. The third kappa shape index (κ3) is 22.6. The maximum atomic E-state index is 15.1. The van der Waals surface area contributed by atoms with Crippen LogP contribution in [-0.2, 0) is 114 Å². The van der Waals surface area contributed by atoms with Gasteiger partial charge in [-0.15, -0.1) is 0 Å². The van der Waals surface area contributed by atoms with Crippen molar-refractivity contribution in [2.45, 2.75) is 129 Å². The number of anilines is 4. The highest BCUT2D eigenvalue weighted by atomic mass is 31.2. The number of benzene rings is 4. The Morgan fingerprint density at radius 1 is 0.291 bits per heavy atom. The molecular formula is C74H116N4O24P8. The smallest absolute Gasteiger partial charge is 0.348 e. The van der Waals surface area contributed by atoms with Crippen molar-refractivity contribution in [2.24, 2.45) is 37.9 Å². The first kappa shape index (κ1) is 88.1. The third-order valence-electron chi connectivity index (χ3n) is 19.5. The second-order valence-electron chi connectivity index (χ2n) is 35.8. The summed E-state index contributed by atoms with van der Waals surface area (Å²) in [7, 11) is -31.4. The van der Waals surface area contributed by atoms with Gasteiger partial charge in [0.05, 0.1) is 111 Å². The van der Waals surface area contributed by atoms with Crippen molar-refractivity contribution in [3.05, 3.63) is 119 Å². The Hall–Kier alpha value is -2.72. The Labute approximate surface area is 650 Å². The van der Waals surface area contributed by atoms with Crippen LogP contribution in [0.3, 0.4) is 0 Å². The van der Waals surface area contributed by atoms with Gasteiger partial charge in [-0.1, -0.05) is 159 Å². The average molecular weight is 1690 g/mol. The molecule has 0 aliphatic carbocycles. The summed E-state index contributed by atoms with van der Waals surface area (Å²) in [6.07, 6.45) is -1.57. The molecule has 616 valence electrons. The molecular weight excluding hydrogens is 1580 g/mol. The summed E-state index contributed by atoms with van der Waals surface area (Å²) < 4.78 is 217. The molecule has 0 N–H and O–H groups in total. The van der Waals surface area contributed by atoms with Crippen LogP contribution in [0.15, 0.2) is 97.1 Å². The van der Waals surface area contributed by atoms with Gasteiger partial charge in [0.15, 0.2) is 0 Å². The molecule has 0 radical (unpaired) electrons. The maximum Gasteiger partial charge on any atom is 0.349 e. The minimum atomic E-state index is -3.97. The van der Waals surface area contributed by atoms with E-state index in [1.807, 2.05) is 208 Å². The zero-order valence-corrected chi connectivity index (χ0v) is 73.9. The highest BCUT2D eigenvalue weighted by molar-refractivity contribution is 7.57. The van der Waals surface area contributed by atoms with Crippen molar-refractivity contribution < 1.29 is 109 Å². The van der Waals surface area contributed by atoms with Crippen LogP contribution in [0.25, 0.3) is 0 Å². The normalized spacial score (nSPS) is 24.4. The lowest BCUT2D eigenvalue weighted by molar-refractivity contribution is 0.0392. The molecule has 0 amide bonds. The molecule has 110 heavy (non-hydrogen) atoms. The molecule has 0 bridgehead atoms. The number of rotatable bonds is 30. The fraction of sp³-hybridized carbons (Fsp3) is 0.676. The van der Waals surface area contributed by atoms with E-state index in [1.165, 1.54) is 0 Å². The fourth-order valence-electron chi connectivity index (χ4n) is 12.7. The van der Waals surface area contributed by atoms with Gasteiger partial charge in [-0.2, -0.15) is 0 Å². The molecule has 7 aliphatic heterocycles. The summed E-state index contributed by atoms with van der Waals surface area (Å²) in [5, 5.41) is 0. The van der Waals surface area contributed by atoms with E-state index in [0.29, 0.717) is 57.8 Å². The molecule has 4 aromatic carbocycles. The van der Waals surface area contributed by atoms with Gasteiger partial charge in [0.2, 0.25) is 0 Å². The van der Waals surface area contributed by atoms with Crippen molar-refractivity contribution in [3.63, 3.8) is 0 Å². The van der Waals surface area contributed by atoms with Crippen molar-refractivity contribution in [2.75, 3.05) is 176 Å². The van der Waals surface area contributed by atoms with Gasteiger partial charge in [-0.25, -0.2) is 0 Å². The molecule has 36 heteroatoms. The average Bonchev–Trinajstić information content (AvgIpc) is 0.725. The van der Waals surface area contributed by atoms with E-state index in [4.69, 9.17) is 72.4 Å². The lowest BCUT2D eigenvalue weighted by atomic mass is 9.65. The number of nitrogens with zero attached hydrogens (tertiary/aromatic N) is 4. The Bertz CT molecular complexity index is 3710. The van der Waals surface area contributed by atoms with E-state index in [-0.39, 0.29) is 156 Å². The van der Waals surface area contributed by atoms with Crippen LogP contribution in [0.4, 0.5) is 22.7 Å². The summed E-state index contributed by atoms with van der Waals surface area (Å²) in [4.78, 5) is 6.60. The maximum absolute atomic E-state index is 15.1. The fourth-order valence-corrected chi connectivity index (χ4v) is 29.3. The van der Waals surface area contributed by atoms with Gasteiger partial charge in [0.25, 0.3) is 0 Å². The Balaban J connectivity index is 1.12. The first-order chi connectivity index (χ1) is 51.1. The molecule has 7 fully saturated rings.